The summed E-state index contributed by atoms with van der Waals surface area (Å²) in [5.74, 6) is -0.637. The molecule has 0 radical (unpaired) electrons. The molecule has 0 unspecified atom stereocenters. The number of amides is 2. The van der Waals surface area contributed by atoms with Gasteiger partial charge in [0, 0.05) is 11.6 Å². The SMILES string of the molecule is CCCCNC(=O)c1ccccc1NC(=O)[C@H]1CN(S(C)(=O)=O)c2cc(Cl)ccc2O1. The highest BCUT2D eigenvalue weighted by Gasteiger charge is 2.35. The van der Waals surface area contributed by atoms with Crippen LogP contribution in [0.3, 0.4) is 0 Å². The maximum Gasteiger partial charge on any atom is 0.267 e. The predicted octanol–water partition coefficient (Wildman–Crippen LogP) is 3.04. The zero-order valence-corrected chi connectivity index (χ0v) is 18.8. The molecule has 10 heteroatoms. The van der Waals surface area contributed by atoms with Crippen LogP contribution in [-0.4, -0.2) is 45.7 Å². The fourth-order valence-electron chi connectivity index (χ4n) is 3.15. The Balaban J connectivity index is 1.82. The molecule has 1 aliphatic rings. The van der Waals surface area contributed by atoms with Gasteiger partial charge in [-0.3, -0.25) is 13.9 Å². The molecule has 31 heavy (non-hydrogen) atoms. The Kier molecular flexibility index (Phi) is 7.07. The van der Waals surface area contributed by atoms with E-state index in [1.165, 1.54) is 12.1 Å². The third-order valence-electron chi connectivity index (χ3n) is 4.73. The number of carbonyl (C=O) groups excluding carboxylic acids is 2. The molecule has 0 aromatic heterocycles. The van der Waals surface area contributed by atoms with E-state index in [9.17, 15) is 18.0 Å². The molecule has 0 spiro atoms. The second-order valence-electron chi connectivity index (χ2n) is 7.16. The van der Waals surface area contributed by atoms with Gasteiger partial charge in [0.2, 0.25) is 10.0 Å². The lowest BCUT2D eigenvalue weighted by molar-refractivity contribution is -0.122. The summed E-state index contributed by atoms with van der Waals surface area (Å²) in [6, 6.07) is 11.2. The number of carbonyl (C=O) groups is 2. The number of sulfonamides is 1. The van der Waals surface area contributed by atoms with Gasteiger partial charge < -0.3 is 15.4 Å². The van der Waals surface area contributed by atoms with E-state index in [1.807, 2.05) is 6.92 Å². The number of para-hydroxylation sites is 1. The van der Waals surface area contributed by atoms with Crippen LogP contribution in [0.2, 0.25) is 5.02 Å². The van der Waals surface area contributed by atoms with Crippen LogP contribution < -0.4 is 19.7 Å². The predicted molar refractivity (Wildman–Crippen MR) is 120 cm³/mol. The van der Waals surface area contributed by atoms with Crippen LogP contribution in [0, 0.1) is 0 Å². The van der Waals surface area contributed by atoms with E-state index in [0.29, 0.717) is 22.8 Å². The minimum absolute atomic E-state index is 0.219. The number of benzene rings is 2. The molecule has 1 heterocycles. The van der Waals surface area contributed by atoms with Crippen LogP contribution in [0.15, 0.2) is 42.5 Å². The number of ether oxygens (including phenoxy) is 1. The third-order valence-corrected chi connectivity index (χ3v) is 6.11. The van der Waals surface area contributed by atoms with Gasteiger partial charge in [-0.25, -0.2) is 8.42 Å². The molecule has 2 aromatic rings. The maximum atomic E-state index is 12.9. The van der Waals surface area contributed by atoms with E-state index in [1.54, 1.807) is 30.3 Å². The normalized spacial score (nSPS) is 15.6. The molecule has 1 atom stereocenters. The first-order chi connectivity index (χ1) is 14.7. The molecular formula is C21H24ClN3O5S. The number of nitrogens with one attached hydrogen (secondary N) is 2. The van der Waals surface area contributed by atoms with Gasteiger partial charge in [-0.1, -0.05) is 37.1 Å². The fraction of sp³-hybridized carbons (Fsp3) is 0.333. The largest absolute Gasteiger partial charge is 0.476 e. The van der Waals surface area contributed by atoms with Crippen LogP contribution in [0.5, 0.6) is 5.75 Å². The molecule has 2 aromatic carbocycles. The lowest BCUT2D eigenvalue weighted by Gasteiger charge is -2.34. The smallest absolute Gasteiger partial charge is 0.267 e. The van der Waals surface area contributed by atoms with Crippen molar-refractivity contribution in [1.29, 1.82) is 0 Å². The van der Waals surface area contributed by atoms with E-state index in [4.69, 9.17) is 16.3 Å². The third kappa shape index (κ3) is 5.48. The quantitative estimate of drug-likeness (QED) is 0.611. The Bertz CT molecular complexity index is 1090. The van der Waals surface area contributed by atoms with Crippen molar-refractivity contribution in [3.8, 4) is 5.75 Å². The fourth-order valence-corrected chi connectivity index (χ4v) is 4.22. The molecule has 0 saturated carbocycles. The van der Waals surface area contributed by atoms with Gasteiger partial charge in [0.15, 0.2) is 6.10 Å². The molecule has 8 nitrogen and oxygen atoms in total. The molecule has 2 amide bonds. The van der Waals surface area contributed by atoms with Gasteiger partial charge in [0.25, 0.3) is 11.8 Å². The van der Waals surface area contributed by atoms with Crippen molar-refractivity contribution in [2.75, 3.05) is 29.0 Å². The van der Waals surface area contributed by atoms with E-state index in [-0.39, 0.29) is 23.9 Å². The van der Waals surface area contributed by atoms with Crippen molar-refractivity contribution in [2.24, 2.45) is 0 Å². The minimum Gasteiger partial charge on any atom is -0.476 e. The average Bonchev–Trinajstić information content (AvgIpc) is 2.72. The van der Waals surface area contributed by atoms with Crippen LogP contribution in [0.25, 0.3) is 0 Å². The highest BCUT2D eigenvalue weighted by molar-refractivity contribution is 7.92. The van der Waals surface area contributed by atoms with Crippen molar-refractivity contribution >= 4 is 44.8 Å². The van der Waals surface area contributed by atoms with Crippen LogP contribution in [0.4, 0.5) is 11.4 Å². The maximum absolute atomic E-state index is 12.9. The highest BCUT2D eigenvalue weighted by atomic mass is 35.5. The summed E-state index contributed by atoms with van der Waals surface area (Å²) in [6.07, 6.45) is 1.73. The number of rotatable bonds is 7. The Hall–Kier alpha value is -2.78. The van der Waals surface area contributed by atoms with Crippen molar-refractivity contribution < 1.29 is 22.7 Å². The molecule has 0 fully saturated rings. The number of hydrogen-bond donors (Lipinski definition) is 2. The van der Waals surface area contributed by atoms with Gasteiger partial charge in [0.1, 0.15) is 5.75 Å². The van der Waals surface area contributed by atoms with Crippen LogP contribution in [-0.2, 0) is 14.8 Å². The zero-order chi connectivity index (χ0) is 22.6. The van der Waals surface area contributed by atoms with Gasteiger partial charge >= 0.3 is 0 Å². The summed E-state index contributed by atoms with van der Waals surface area (Å²) in [6.45, 7) is 2.34. The lowest BCUT2D eigenvalue weighted by Crippen LogP contribution is -2.48. The highest BCUT2D eigenvalue weighted by Crippen LogP contribution is 2.37. The Morgan fingerprint density at radius 3 is 2.68 bits per heavy atom. The number of unbranched alkanes of at least 4 members (excludes halogenated alkanes) is 1. The second kappa shape index (κ2) is 9.57. The number of hydrogen-bond acceptors (Lipinski definition) is 5. The molecule has 2 N–H and O–H groups in total. The van der Waals surface area contributed by atoms with Crippen molar-refractivity contribution in [3.05, 3.63) is 53.1 Å². The molecule has 3 rings (SSSR count). The van der Waals surface area contributed by atoms with Gasteiger partial charge in [0.05, 0.1) is 29.7 Å². The number of nitrogens with zero attached hydrogens (tertiary/aromatic N) is 1. The molecule has 0 bridgehead atoms. The number of fused-ring (bicyclic) bond motifs is 1. The zero-order valence-electron chi connectivity index (χ0n) is 17.2. The Morgan fingerprint density at radius 2 is 1.97 bits per heavy atom. The molecule has 166 valence electrons. The molecule has 0 aliphatic carbocycles. The van der Waals surface area contributed by atoms with Gasteiger partial charge in [-0.05, 0) is 36.8 Å². The monoisotopic (exact) mass is 465 g/mol. The average molecular weight is 466 g/mol. The first-order valence-corrected chi connectivity index (χ1v) is 12.1. The summed E-state index contributed by atoms with van der Waals surface area (Å²) >= 11 is 6.00. The van der Waals surface area contributed by atoms with E-state index < -0.39 is 22.0 Å². The number of anilines is 2. The van der Waals surface area contributed by atoms with Gasteiger partial charge in [-0.2, -0.15) is 0 Å². The van der Waals surface area contributed by atoms with E-state index in [0.717, 1.165) is 23.4 Å². The summed E-state index contributed by atoms with van der Waals surface area (Å²) in [5, 5.41) is 5.86. The summed E-state index contributed by atoms with van der Waals surface area (Å²) in [5.41, 5.74) is 0.905. The summed E-state index contributed by atoms with van der Waals surface area (Å²) in [4.78, 5) is 25.4. The standard InChI is InChI=1S/C21H24ClN3O5S/c1-3-4-11-23-20(26)15-7-5-6-8-16(15)24-21(27)19-13-25(31(2,28)29)17-12-14(22)9-10-18(17)30-19/h5-10,12,19H,3-4,11,13H2,1-2H3,(H,23,26)(H,24,27)/t19-/m1/s1. The minimum atomic E-state index is -3.68. The van der Waals surface area contributed by atoms with E-state index in [2.05, 4.69) is 10.6 Å². The van der Waals surface area contributed by atoms with Crippen molar-refractivity contribution in [2.45, 2.75) is 25.9 Å². The van der Waals surface area contributed by atoms with Crippen LogP contribution >= 0.6 is 11.6 Å². The van der Waals surface area contributed by atoms with Crippen molar-refractivity contribution in [1.82, 2.24) is 5.32 Å². The van der Waals surface area contributed by atoms with Crippen LogP contribution in [0.1, 0.15) is 30.1 Å². The first-order valence-electron chi connectivity index (χ1n) is 9.82. The number of halogens is 1. The summed E-state index contributed by atoms with van der Waals surface area (Å²) < 4.78 is 31.4. The van der Waals surface area contributed by atoms with Gasteiger partial charge in [-0.15, -0.1) is 0 Å². The molecular weight excluding hydrogens is 442 g/mol. The Labute approximate surface area is 186 Å². The van der Waals surface area contributed by atoms with E-state index >= 15 is 0 Å². The molecule has 0 saturated heterocycles. The molecule has 1 aliphatic heterocycles. The second-order valence-corrected chi connectivity index (χ2v) is 9.50. The topological polar surface area (TPSA) is 105 Å². The summed E-state index contributed by atoms with van der Waals surface area (Å²) in [7, 11) is -3.68. The first kappa shape index (κ1) is 22.9. The Morgan fingerprint density at radius 1 is 1.23 bits per heavy atom. The van der Waals surface area contributed by atoms with Crippen molar-refractivity contribution in [3.63, 3.8) is 0 Å². The lowest BCUT2D eigenvalue weighted by atomic mass is 10.1.